The Morgan fingerprint density at radius 3 is 3.09 bits per heavy atom. The van der Waals surface area contributed by atoms with Crippen molar-refractivity contribution in [1.82, 2.24) is 15.2 Å². The standard InChI is InChI=1S/C16H21N3O3/c1-16-8-4-10-19(12(16)6-2-7-13(21)18-16)15(22)14-11(20)5-3-9-17-14/h3,5,9,12,20H,2,4,6-8,10H2,1H3,(H,18,21)/t12-,16-/m0/s1. The van der Waals surface area contributed by atoms with Gasteiger partial charge in [0, 0.05) is 19.2 Å². The van der Waals surface area contributed by atoms with Crippen molar-refractivity contribution in [3.8, 4) is 5.75 Å². The van der Waals surface area contributed by atoms with E-state index in [9.17, 15) is 14.7 Å². The maximum absolute atomic E-state index is 12.8. The molecule has 0 unspecified atom stereocenters. The van der Waals surface area contributed by atoms with E-state index in [1.54, 1.807) is 11.0 Å². The van der Waals surface area contributed by atoms with E-state index in [0.717, 1.165) is 25.7 Å². The predicted octanol–water partition coefficient (Wildman–Crippen LogP) is 1.45. The third kappa shape index (κ3) is 2.53. The normalized spacial score (nSPS) is 28.5. The lowest BCUT2D eigenvalue weighted by Gasteiger charge is -2.47. The Bertz CT molecular complexity index is 604. The van der Waals surface area contributed by atoms with Crippen molar-refractivity contribution in [1.29, 1.82) is 0 Å². The quantitative estimate of drug-likeness (QED) is 0.822. The number of fused-ring (bicyclic) bond motifs is 1. The summed E-state index contributed by atoms with van der Waals surface area (Å²) in [5.41, 5.74) is -0.311. The third-order valence-corrected chi connectivity index (χ3v) is 4.76. The Morgan fingerprint density at radius 2 is 2.32 bits per heavy atom. The van der Waals surface area contributed by atoms with Gasteiger partial charge in [0.25, 0.3) is 5.91 Å². The van der Waals surface area contributed by atoms with Gasteiger partial charge in [0.1, 0.15) is 5.75 Å². The van der Waals surface area contributed by atoms with Crippen molar-refractivity contribution in [3.63, 3.8) is 0 Å². The van der Waals surface area contributed by atoms with Gasteiger partial charge in [-0.25, -0.2) is 4.98 Å². The zero-order valence-electron chi connectivity index (χ0n) is 12.7. The highest BCUT2D eigenvalue weighted by Crippen LogP contribution is 2.34. The lowest BCUT2D eigenvalue weighted by Crippen LogP contribution is -2.63. The number of nitrogens with zero attached hydrogens (tertiary/aromatic N) is 2. The van der Waals surface area contributed by atoms with Crippen LogP contribution in [0.1, 0.15) is 49.5 Å². The van der Waals surface area contributed by atoms with Gasteiger partial charge in [-0.05, 0) is 44.7 Å². The van der Waals surface area contributed by atoms with Crippen LogP contribution in [0, 0.1) is 0 Å². The molecule has 0 saturated carbocycles. The zero-order chi connectivity index (χ0) is 15.7. The molecule has 2 aliphatic rings. The molecular formula is C16H21N3O3. The van der Waals surface area contributed by atoms with Crippen molar-refractivity contribution < 1.29 is 14.7 Å². The minimum absolute atomic E-state index is 0.0541. The maximum atomic E-state index is 12.8. The second-order valence-corrected chi connectivity index (χ2v) is 6.35. The highest BCUT2D eigenvalue weighted by Gasteiger charge is 2.45. The largest absolute Gasteiger partial charge is 0.505 e. The van der Waals surface area contributed by atoms with Gasteiger partial charge in [-0.2, -0.15) is 0 Å². The molecule has 3 heterocycles. The number of rotatable bonds is 1. The minimum atomic E-state index is -0.397. The maximum Gasteiger partial charge on any atom is 0.276 e. The molecule has 6 nitrogen and oxygen atoms in total. The predicted molar refractivity (Wildman–Crippen MR) is 80.4 cm³/mol. The number of aromatic hydroxyl groups is 1. The van der Waals surface area contributed by atoms with Gasteiger partial charge in [-0.1, -0.05) is 0 Å². The van der Waals surface area contributed by atoms with Crippen LogP contribution in [0.3, 0.4) is 0 Å². The molecule has 2 fully saturated rings. The van der Waals surface area contributed by atoms with Crippen molar-refractivity contribution >= 4 is 11.8 Å². The third-order valence-electron chi connectivity index (χ3n) is 4.76. The van der Waals surface area contributed by atoms with Gasteiger partial charge in [0.2, 0.25) is 5.91 Å². The van der Waals surface area contributed by atoms with Gasteiger partial charge in [-0.3, -0.25) is 9.59 Å². The van der Waals surface area contributed by atoms with E-state index in [4.69, 9.17) is 0 Å². The van der Waals surface area contributed by atoms with Crippen LogP contribution in [0.4, 0.5) is 0 Å². The van der Waals surface area contributed by atoms with E-state index >= 15 is 0 Å². The first-order valence-electron chi connectivity index (χ1n) is 7.77. The second kappa shape index (κ2) is 5.59. The molecule has 0 aliphatic carbocycles. The fourth-order valence-electron chi connectivity index (χ4n) is 3.68. The highest BCUT2D eigenvalue weighted by atomic mass is 16.3. The van der Waals surface area contributed by atoms with Gasteiger partial charge in [-0.15, -0.1) is 0 Å². The van der Waals surface area contributed by atoms with E-state index < -0.39 is 5.54 Å². The number of likely N-dealkylation sites (tertiary alicyclic amines) is 1. The molecule has 2 atom stereocenters. The van der Waals surface area contributed by atoms with E-state index in [1.807, 2.05) is 6.92 Å². The first-order chi connectivity index (χ1) is 10.5. The molecule has 0 bridgehead atoms. The number of pyridine rings is 1. The summed E-state index contributed by atoms with van der Waals surface area (Å²) >= 11 is 0. The summed E-state index contributed by atoms with van der Waals surface area (Å²) in [5.74, 6) is -0.303. The number of carbonyl (C=O) groups excluding carboxylic acids is 2. The van der Waals surface area contributed by atoms with Crippen LogP contribution in [0.15, 0.2) is 18.3 Å². The van der Waals surface area contributed by atoms with Crippen molar-refractivity contribution in [2.75, 3.05) is 6.54 Å². The van der Waals surface area contributed by atoms with Crippen LogP contribution >= 0.6 is 0 Å². The van der Waals surface area contributed by atoms with Gasteiger partial charge >= 0.3 is 0 Å². The van der Waals surface area contributed by atoms with Crippen LogP contribution in [0.25, 0.3) is 0 Å². The van der Waals surface area contributed by atoms with Gasteiger partial charge in [0.05, 0.1) is 11.6 Å². The molecule has 2 aliphatic heterocycles. The van der Waals surface area contributed by atoms with Crippen molar-refractivity contribution in [2.24, 2.45) is 0 Å². The monoisotopic (exact) mass is 303 g/mol. The molecule has 1 aromatic heterocycles. The summed E-state index contributed by atoms with van der Waals surface area (Å²) in [6, 6.07) is 3.01. The number of nitrogens with one attached hydrogen (secondary N) is 1. The highest BCUT2D eigenvalue weighted by molar-refractivity contribution is 5.95. The van der Waals surface area contributed by atoms with Crippen molar-refractivity contribution in [3.05, 3.63) is 24.0 Å². The average Bonchev–Trinajstić information content (AvgIpc) is 2.63. The first-order valence-corrected chi connectivity index (χ1v) is 7.77. The van der Waals surface area contributed by atoms with E-state index in [-0.39, 0.29) is 29.3 Å². The number of hydrogen-bond acceptors (Lipinski definition) is 4. The zero-order valence-corrected chi connectivity index (χ0v) is 12.7. The fourth-order valence-corrected chi connectivity index (χ4v) is 3.68. The summed E-state index contributed by atoms with van der Waals surface area (Å²) in [6.07, 6.45) is 5.25. The topological polar surface area (TPSA) is 82.5 Å². The lowest BCUT2D eigenvalue weighted by molar-refractivity contribution is -0.123. The molecule has 2 N–H and O–H groups in total. The number of amides is 2. The molecule has 2 saturated heterocycles. The smallest absolute Gasteiger partial charge is 0.276 e. The Labute approximate surface area is 129 Å². The molecule has 3 rings (SSSR count). The Hall–Kier alpha value is -2.11. The number of carbonyl (C=O) groups is 2. The van der Waals surface area contributed by atoms with Crippen molar-refractivity contribution in [2.45, 2.75) is 50.6 Å². The lowest BCUT2D eigenvalue weighted by atomic mass is 9.81. The van der Waals surface area contributed by atoms with E-state index in [2.05, 4.69) is 10.3 Å². The minimum Gasteiger partial charge on any atom is -0.505 e. The van der Waals surface area contributed by atoms with Crippen LogP contribution in [-0.2, 0) is 4.79 Å². The molecule has 1 aromatic rings. The van der Waals surface area contributed by atoms with Crippen LogP contribution in [0.2, 0.25) is 0 Å². The SMILES string of the molecule is C[C@]12CCCN(C(=O)c3ncccc3O)[C@H]1CCCC(=O)N2. The molecule has 22 heavy (non-hydrogen) atoms. The molecule has 6 heteroatoms. The van der Waals surface area contributed by atoms with Crippen LogP contribution < -0.4 is 5.32 Å². The molecular weight excluding hydrogens is 282 g/mol. The second-order valence-electron chi connectivity index (χ2n) is 6.35. The average molecular weight is 303 g/mol. The first kappa shape index (κ1) is 14.8. The molecule has 118 valence electrons. The molecule has 0 aromatic carbocycles. The van der Waals surface area contributed by atoms with Crippen LogP contribution in [0.5, 0.6) is 5.75 Å². The number of hydrogen-bond donors (Lipinski definition) is 2. The summed E-state index contributed by atoms with van der Waals surface area (Å²) in [4.78, 5) is 30.5. The fraction of sp³-hybridized carbons (Fsp3) is 0.562. The summed E-state index contributed by atoms with van der Waals surface area (Å²) in [5, 5.41) is 13.0. The van der Waals surface area contributed by atoms with Crippen LogP contribution in [-0.4, -0.2) is 44.9 Å². The molecule has 2 amide bonds. The summed E-state index contributed by atoms with van der Waals surface area (Å²) < 4.78 is 0. The van der Waals surface area contributed by atoms with E-state index in [0.29, 0.717) is 13.0 Å². The molecule has 0 spiro atoms. The Morgan fingerprint density at radius 1 is 1.50 bits per heavy atom. The summed E-state index contributed by atoms with van der Waals surface area (Å²) in [6.45, 7) is 2.64. The molecule has 0 radical (unpaired) electrons. The number of piperidine rings is 1. The van der Waals surface area contributed by atoms with Gasteiger partial charge < -0.3 is 15.3 Å². The Balaban J connectivity index is 1.91. The van der Waals surface area contributed by atoms with Gasteiger partial charge in [0.15, 0.2) is 5.69 Å². The summed E-state index contributed by atoms with van der Waals surface area (Å²) in [7, 11) is 0. The number of aromatic nitrogens is 1. The van der Waals surface area contributed by atoms with E-state index in [1.165, 1.54) is 12.3 Å². The Kier molecular flexibility index (Phi) is 3.76.